The Kier molecular flexibility index (Phi) is 4.24. The van der Waals surface area contributed by atoms with E-state index in [1.807, 2.05) is 12.1 Å². The average molecular weight is 264 g/mol. The first-order chi connectivity index (χ1) is 8.74. The minimum absolute atomic E-state index is 0.0561. The first-order valence-corrected chi connectivity index (χ1v) is 6.34. The van der Waals surface area contributed by atoms with Crippen LogP contribution in [0.15, 0.2) is 24.4 Å². The first-order valence-electron chi connectivity index (χ1n) is 5.61. The summed E-state index contributed by atoms with van der Waals surface area (Å²) in [5.74, 6) is 6.45. The van der Waals surface area contributed by atoms with Gasteiger partial charge in [-0.3, -0.25) is 11.3 Å². The number of nitrogens with zero attached hydrogens (tertiary/aromatic N) is 2. The number of hydrogen-bond donors (Lipinski definition) is 2. The second-order valence-electron chi connectivity index (χ2n) is 4.07. The number of rotatable bonds is 5. The number of nitrogens with one attached hydrogen (secondary N) is 1. The van der Waals surface area contributed by atoms with Gasteiger partial charge in [-0.25, -0.2) is 0 Å². The summed E-state index contributed by atoms with van der Waals surface area (Å²) in [4.78, 5) is 0. The molecular formula is C12H16N4OS. The number of hydrogen-bond acceptors (Lipinski definition) is 6. The minimum Gasteiger partial charge on any atom is -0.496 e. The molecule has 1 aromatic heterocycles. The van der Waals surface area contributed by atoms with Crippen molar-refractivity contribution in [2.24, 2.45) is 5.84 Å². The smallest absolute Gasteiger partial charge is 0.122 e. The Bertz CT molecular complexity index is 501. The molecule has 0 radical (unpaired) electrons. The van der Waals surface area contributed by atoms with Gasteiger partial charge in [0, 0.05) is 0 Å². The van der Waals surface area contributed by atoms with E-state index in [9.17, 15) is 0 Å². The molecule has 0 aliphatic carbocycles. The fourth-order valence-corrected chi connectivity index (χ4v) is 2.33. The number of aryl methyl sites for hydroxylation is 1. The molecule has 0 aliphatic heterocycles. The van der Waals surface area contributed by atoms with E-state index in [-0.39, 0.29) is 6.04 Å². The van der Waals surface area contributed by atoms with Gasteiger partial charge in [0.15, 0.2) is 0 Å². The zero-order chi connectivity index (χ0) is 13.0. The maximum Gasteiger partial charge on any atom is 0.122 e. The van der Waals surface area contributed by atoms with Crippen LogP contribution >= 0.6 is 11.7 Å². The molecule has 1 aromatic carbocycles. The van der Waals surface area contributed by atoms with E-state index in [0.29, 0.717) is 6.42 Å². The molecule has 0 amide bonds. The Morgan fingerprint density at radius 3 is 2.94 bits per heavy atom. The Hall–Kier alpha value is -1.50. The van der Waals surface area contributed by atoms with Crippen molar-refractivity contribution < 1.29 is 4.74 Å². The number of aromatic nitrogens is 2. The van der Waals surface area contributed by atoms with Crippen molar-refractivity contribution in [2.75, 3.05) is 7.11 Å². The summed E-state index contributed by atoms with van der Waals surface area (Å²) in [5, 5.41) is 0. The van der Waals surface area contributed by atoms with E-state index in [1.54, 1.807) is 13.3 Å². The highest BCUT2D eigenvalue weighted by Crippen LogP contribution is 2.25. The first kappa shape index (κ1) is 12.9. The molecule has 18 heavy (non-hydrogen) atoms. The van der Waals surface area contributed by atoms with Gasteiger partial charge in [0.25, 0.3) is 0 Å². The van der Waals surface area contributed by atoms with Crippen molar-refractivity contribution in [3.63, 3.8) is 0 Å². The molecule has 1 unspecified atom stereocenters. The summed E-state index contributed by atoms with van der Waals surface area (Å²) in [7, 11) is 1.67. The molecular weight excluding hydrogens is 248 g/mol. The van der Waals surface area contributed by atoms with Crippen LogP contribution in [0.2, 0.25) is 0 Å². The van der Waals surface area contributed by atoms with E-state index in [4.69, 9.17) is 10.6 Å². The van der Waals surface area contributed by atoms with Crippen LogP contribution in [0.4, 0.5) is 0 Å². The molecule has 3 N–H and O–H groups in total. The fourth-order valence-electron chi connectivity index (χ4n) is 1.86. The van der Waals surface area contributed by atoms with E-state index >= 15 is 0 Å². The van der Waals surface area contributed by atoms with Crippen molar-refractivity contribution in [1.29, 1.82) is 0 Å². The van der Waals surface area contributed by atoms with Gasteiger partial charge in [-0.2, -0.15) is 8.75 Å². The maximum atomic E-state index is 5.59. The molecule has 2 aromatic rings. The molecule has 0 aliphatic rings. The molecule has 0 bridgehead atoms. The van der Waals surface area contributed by atoms with Gasteiger partial charge in [-0.1, -0.05) is 17.7 Å². The largest absolute Gasteiger partial charge is 0.496 e. The predicted octanol–water partition coefficient (Wildman–Crippen LogP) is 1.60. The van der Waals surface area contributed by atoms with Gasteiger partial charge in [0.2, 0.25) is 0 Å². The van der Waals surface area contributed by atoms with Gasteiger partial charge in [0.1, 0.15) is 5.75 Å². The van der Waals surface area contributed by atoms with E-state index in [2.05, 4.69) is 27.2 Å². The molecule has 0 saturated carbocycles. The minimum atomic E-state index is -0.0561. The highest BCUT2D eigenvalue weighted by atomic mass is 32.1. The summed E-state index contributed by atoms with van der Waals surface area (Å²) in [6, 6.07) is 6.04. The van der Waals surface area contributed by atoms with Crippen molar-refractivity contribution >= 4 is 11.7 Å². The molecule has 1 heterocycles. The van der Waals surface area contributed by atoms with Crippen LogP contribution in [0, 0.1) is 6.92 Å². The highest BCUT2D eigenvalue weighted by molar-refractivity contribution is 6.99. The summed E-state index contributed by atoms with van der Waals surface area (Å²) < 4.78 is 13.6. The average Bonchev–Trinajstić information content (AvgIpc) is 2.90. The van der Waals surface area contributed by atoms with Crippen molar-refractivity contribution in [3.05, 3.63) is 41.2 Å². The van der Waals surface area contributed by atoms with Crippen LogP contribution in [0.1, 0.15) is 22.9 Å². The van der Waals surface area contributed by atoms with Crippen LogP contribution < -0.4 is 16.0 Å². The van der Waals surface area contributed by atoms with E-state index in [1.165, 1.54) is 17.3 Å². The van der Waals surface area contributed by atoms with Crippen LogP contribution in [0.25, 0.3) is 0 Å². The number of benzene rings is 1. The topological polar surface area (TPSA) is 73.1 Å². The Morgan fingerprint density at radius 2 is 2.33 bits per heavy atom. The van der Waals surface area contributed by atoms with Gasteiger partial charge in [-0.05, 0) is 25.0 Å². The van der Waals surface area contributed by atoms with Gasteiger partial charge in [-0.15, -0.1) is 0 Å². The van der Waals surface area contributed by atoms with Crippen LogP contribution in [0.3, 0.4) is 0 Å². The van der Waals surface area contributed by atoms with Crippen molar-refractivity contribution in [3.8, 4) is 5.75 Å². The van der Waals surface area contributed by atoms with Crippen LogP contribution in [-0.4, -0.2) is 15.9 Å². The van der Waals surface area contributed by atoms with Crippen LogP contribution in [0.5, 0.6) is 5.75 Å². The van der Waals surface area contributed by atoms with E-state index in [0.717, 1.165) is 17.0 Å². The molecule has 0 spiro atoms. The third kappa shape index (κ3) is 2.84. The molecule has 0 fully saturated rings. The lowest BCUT2D eigenvalue weighted by atomic mass is 10.0. The van der Waals surface area contributed by atoms with Crippen molar-refractivity contribution in [1.82, 2.24) is 14.2 Å². The lowest BCUT2D eigenvalue weighted by Gasteiger charge is -2.15. The Morgan fingerprint density at radius 1 is 1.50 bits per heavy atom. The Balaban J connectivity index is 2.24. The van der Waals surface area contributed by atoms with Gasteiger partial charge in [0.05, 0.1) is 36.8 Å². The monoisotopic (exact) mass is 264 g/mol. The zero-order valence-corrected chi connectivity index (χ0v) is 11.2. The van der Waals surface area contributed by atoms with Gasteiger partial charge >= 0.3 is 0 Å². The normalized spacial score (nSPS) is 12.4. The number of hydrazine groups is 1. The fraction of sp³-hybridized carbons (Fsp3) is 0.333. The van der Waals surface area contributed by atoms with Gasteiger partial charge < -0.3 is 4.74 Å². The highest BCUT2D eigenvalue weighted by Gasteiger charge is 2.15. The second kappa shape index (κ2) is 5.90. The summed E-state index contributed by atoms with van der Waals surface area (Å²) >= 11 is 1.18. The zero-order valence-electron chi connectivity index (χ0n) is 10.4. The summed E-state index contributed by atoms with van der Waals surface area (Å²) in [6.45, 7) is 2.05. The summed E-state index contributed by atoms with van der Waals surface area (Å²) in [5.41, 5.74) is 5.92. The molecule has 96 valence electrons. The lowest BCUT2D eigenvalue weighted by molar-refractivity contribution is 0.405. The molecule has 0 saturated heterocycles. The number of methoxy groups -OCH3 is 1. The summed E-state index contributed by atoms with van der Waals surface area (Å²) in [6.07, 6.45) is 2.45. The van der Waals surface area contributed by atoms with Crippen LogP contribution in [-0.2, 0) is 6.42 Å². The third-order valence-electron chi connectivity index (χ3n) is 2.80. The molecule has 2 rings (SSSR count). The standard InChI is InChI=1S/C12H16N4OS/c1-8-3-4-12(17-2)9(5-8)6-10(15-13)11-7-14-18-16-11/h3-5,7,10,15H,6,13H2,1-2H3. The molecule has 5 nitrogen and oxygen atoms in total. The third-order valence-corrected chi connectivity index (χ3v) is 3.29. The number of nitrogens with two attached hydrogens (primary N) is 1. The second-order valence-corrected chi connectivity index (χ2v) is 4.63. The predicted molar refractivity (Wildman–Crippen MR) is 71.4 cm³/mol. The lowest BCUT2D eigenvalue weighted by Crippen LogP contribution is -2.29. The molecule has 1 atom stereocenters. The van der Waals surface area contributed by atoms with E-state index < -0.39 is 0 Å². The SMILES string of the molecule is COc1ccc(C)cc1CC(NN)c1cnsn1. The quantitative estimate of drug-likeness (QED) is 0.634. The number of ether oxygens (including phenoxy) is 1. The molecule has 6 heteroatoms. The van der Waals surface area contributed by atoms with Crippen molar-refractivity contribution in [2.45, 2.75) is 19.4 Å². The Labute approximate surface area is 110 Å². The maximum absolute atomic E-state index is 5.59.